The summed E-state index contributed by atoms with van der Waals surface area (Å²) in [5, 5.41) is 3.49. The number of halogens is 2. The highest BCUT2D eigenvalue weighted by Crippen LogP contribution is 2.29. The Bertz CT molecular complexity index is 916. The SMILES string of the molecule is COC(=O)c1ccc(Cl)c(NC(=O)C2CC(=O)N(c3cccc(Cl)c3)C2)c1. The average Bonchev–Trinajstić information content (AvgIpc) is 3.04. The highest BCUT2D eigenvalue weighted by molar-refractivity contribution is 6.34. The molecule has 0 aliphatic carbocycles. The Labute approximate surface area is 166 Å². The van der Waals surface area contributed by atoms with E-state index in [1.54, 1.807) is 24.3 Å². The molecule has 1 fully saturated rings. The van der Waals surface area contributed by atoms with Gasteiger partial charge in [-0.25, -0.2) is 4.79 Å². The van der Waals surface area contributed by atoms with Gasteiger partial charge < -0.3 is 15.0 Å². The number of carbonyl (C=O) groups excluding carboxylic acids is 3. The summed E-state index contributed by atoms with van der Waals surface area (Å²) in [6.45, 7) is 0.235. The molecule has 0 aromatic heterocycles. The van der Waals surface area contributed by atoms with Crippen LogP contribution in [-0.2, 0) is 14.3 Å². The summed E-state index contributed by atoms with van der Waals surface area (Å²) in [7, 11) is 1.27. The topological polar surface area (TPSA) is 75.7 Å². The number of hydrogen-bond acceptors (Lipinski definition) is 4. The fourth-order valence-corrected chi connectivity index (χ4v) is 3.23. The number of methoxy groups -OCH3 is 1. The summed E-state index contributed by atoms with van der Waals surface area (Å²) in [5.41, 5.74) is 1.20. The molecule has 1 aliphatic heterocycles. The molecule has 1 atom stereocenters. The van der Waals surface area contributed by atoms with Gasteiger partial charge >= 0.3 is 5.97 Å². The Morgan fingerprint density at radius 2 is 1.96 bits per heavy atom. The van der Waals surface area contributed by atoms with E-state index in [1.807, 2.05) is 0 Å². The number of benzene rings is 2. The molecule has 1 saturated heterocycles. The van der Waals surface area contributed by atoms with Gasteiger partial charge in [-0.05, 0) is 36.4 Å². The van der Waals surface area contributed by atoms with E-state index in [0.717, 1.165) is 0 Å². The molecule has 1 unspecified atom stereocenters. The van der Waals surface area contributed by atoms with Crippen LogP contribution in [0, 0.1) is 5.92 Å². The minimum Gasteiger partial charge on any atom is -0.465 e. The van der Waals surface area contributed by atoms with Gasteiger partial charge in [0.1, 0.15) is 0 Å². The molecule has 140 valence electrons. The van der Waals surface area contributed by atoms with Crippen LogP contribution >= 0.6 is 23.2 Å². The Balaban J connectivity index is 1.74. The second-order valence-corrected chi connectivity index (χ2v) is 6.90. The first-order valence-electron chi connectivity index (χ1n) is 8.13. The molecule has 1 heterocycles. The third-order valence-corrected chi connectivity index (χ3v) is 4.83. The molecular weight excluding hydrogens is 391 g/mol. The van der Waals surface area contributed by atoms with Gasteiger partial charge in [-0.1, -0.05) is 29.3 Å². The summed E-state index contributed by atoms with van der Waals surface area (Å²) in [6, 6.07) is 11.3. The maximum absolute atomic E-state index is 12.6. The van der Waals surface area contributed by atoms with Crippen LogP contribution in [0.3, 0.4) is 0 Å². The molecule has 0 radical (unpaired) electrons. The molecule has 2 amide bonds. The van der Waals surface area contributed by atoms with Crippen LogP contribution in [0.2, 0.25) is 10.0 Å². The molecule has 1 N–H and O–H groups in total. The lowest BCUT2D eigenvalue weighted by Gasteiger charge is -2.17. The predicted molar refractivity (Wildman–Crippen MR) is 103 cm³/mol. The summed E-state index contributed by atoms with van der Waals surface area (Å²) >= 11 is 12.1. The quantitative estimate of drug-likeness (QED) is 0.783. The molecule has 0 bridgehead atoms. The summed E-state index contributed by atoms with van der Waals surface area (Å²) in [4.78, 5) is 38.1. The highest BCUT2D eigenvalue weighted by atomic mass is 35.5. The molecular formula is C19H16Cl2N2O4. The van der Waals surface area contributed by atoms with Crippen molar-refractivity contribution in [2.24, 2.45) is 5.92 Å². The smallest absolute Gasteiger partial charge is 0.337 e. The lowest BCUT2D eigenvalue weighted by Crippen LogP contribution is -2.28. The van der Waals surface area contributed by atoms with Crippen molar-refractivity contribution in [2.75, 3.05) is 23.9 Å². The van der Waals surface area contributed by atoms with Crippen molar-refractivity contribution >= 4 is 52.4 Å². The normalized spacial score (nSPS) is 16.3. The first kappa shape index (κ1) is 19.2. The summed E-state index contributed by atoms with van der Waals surface area (Å²) in [5.74, 6) is -1.59. The van der Waals surface area contributed by atoms with E-state index in [0.29, 0.717) is 16.4 Å². The van der Waals surface area contributed by atoms with Gasteiger partial charge in [0.2, 0.25) is 11.8 Å². The number of carbonyl (C=O) groups is 3. The van der Waals surface area contributed by atoms with Crippen molar-refractivity contribution in [1.82, 2.24) is 0 Å². The first-order valence-corrected chi connectivity index (χ1v) is 8.89. The lowest BCUT2D eigenvalue weighted by atomic mass is 10.1. The third kappa shape index (κ3) is 4.23. The van der Waals surface area contributed by atoms with Gasteiger partial charge in [0.25, 0.3) is 0 Å². The highest BCUT2D eigenvalue weighted by Gasteiger charge is 2.35. The van der Waals surface area contributed by atoms with Crippen molar-refractivity contribution in [3.63, 3.8) is 0 Å². The molecule has 8 heteroatoms. The zero-order valence-corrected chi connectivity index (χ0v) is 15.9. The molecule has 2 aromatic carbocycles. The monoisotopic (exact) mass is 406 g/mol. The van der Waals surface area contributed by atoms with E-state index in [9.17, 15) is 14.4 Å². The molecule has 3 rings (SSSR count). The Kier molecular flexibility index (Phi) is 5.68. The van der Waals surface area contributed by atoms with Crippen molar-refractivity contribution < 1.29 is 19.1 Å². The zero-order chi connectivity index (χ0) is 19.6. The van der Waals surface area contributed by atoms with Gasteiger partial charge in [-0.2, -0.15) is 0 Å². The van der Waals surface area contributed by atoms with Gasteiger partial charge in [-0.3, -0.25) is 9.59 Å². The van der Waals surface area contributed by atoms with Gasteiger partial charge in [-0.15, -0.1) is 0 Å². The fourth-order valence-electron chi connectivity index (χ4n) is 2.88. The average molecular weight is 407 g/mol. The van der Waals surface area contributed by atoms with Gasteiger partial charge in [0.15, 0.2) is 0 Å². The molecule has 27 heavy (non-hydrogen) atoms. The second-order valence-electron chi connectivity index (χ2n) is 6.06. The first-order chi connectivity index (χ1) is 12.9. The van der Waals surface area contributed by atoms with E-state index < -0.39 is 11.9 Å². The molecule has 0 saturated carbocycles. The van der Waals surface area contributed by atoms with Crippen molar-refractivity contribution in [2.45, 2.75) is 6.42 Å². The number of nitrogens with one attached hydrogen (secondary N) is 1. The van der Waals surface area contributed by atoms with Crippen LogP contribution in [0.15, 0.2) is 42.5 Å². The molecule has 2 aromatic rings. The van der Waals surface area contributed by atoms with Crippen LogP contribution in [-0.4, -0.2) is 31.4 Å². The van der Waals surface area contributed by atoms with Crippen molar-refractivity contribution in [1.29, 1.82) is 0 Å². The Hall–Kier alpha value is -2.57. The van der Waals surface area contributed by atoms with Crippen LogP contribution in [0.5, 0.6) is 0 Å². The van der Waals surface area contributed by atoms with Crippen molar-refractivity contribution in [3.05, 3.63) is 58.1 Å². The number of hydrogen-bond donors (Lipinski definition) is 1. The maximum atomic E-state index is 12.6. The number of esters is 1. The molecule has 0 spiro atoms. The van der Waals surface area contributed by atoms with E-state index >= 15 is 0 Å². The maximum Gasteiger partial charge on any atom is 0.337 e. The zero-order valence-electron chi connectivity index (χ0n) is 14.4. The largest absolute Gasteiger partial charge is 0.465 e. The number of nitrogens with zero attached hydrogens (tertiary/aromatic N) is 1. The number of amides is 2. The second kappa shape index (κ2) is 7.98. The Morgan fingerprint density at radius 3 is 2.67 bits per heavy atom. The lowest BCUT2D eigenvalue weighted by molar-refractivity contribution is -0.122. The van der Waals surface area contributed by atoms with Crippen LogP contribution in [0.1, 0.15) is 16.8 Å². The molecule has 6 nitrogen and oxygen atoms in total. The van der Waals surface area contributed by atoms with Crippen molar-refractivity contribution in [3.8, 4) is 0 Å². The minimum atomic E-state index is -0.547. The van der Waals surface area contributed by atoms with Gasteiger partial charge in [0.05, 0.1) is 29.3 Å². The van der Waals surface area contributed by atoms with Crippen LogP contribution in [0.25, 0.3) is 0 Å². The standard InChI is InChI=1S/C19H16Cl2N2O4/c1-27-19(26)11-5-6-15(21)16(7-11)22-18(25)12-8-17(24)23(10-12)14-4-2-3-13(20)9-14/h2-7,9,12H,8,10H2,1H3,(H,22,25). The predicted octanol–water partition coefficient (Wildman–Crippen LogP) is 3.77. The van der Waals surface area contributed by atoms with E-state index in [1.165, 1.54) is 30.2 Å². The fraction of sp³-hybridized carbons (Fsp3) is 0.211. The Morgan fingerprint density at radius 1 is 1.19 bits per heavy atom. The van der Waals surface area contributed by atoms with E-state index in [4.69, 9.17) is 23.2 Å². The number of anilines is 2. The summed E-state index contributed by atoms with van der Waals surface area (Å²) < 4.78 is 4.67. The number of ether oxygens (including phenoxy) is 1. The van der Waals surface area contributed by atoms with Crippen LogP contribution < -0.4 is 10.2 Å². The van der Waals surface area contributed by atoms with Gasteiger partial charge in [0, 0.05) is 23.7 Å². The number of rotatable bonds is 4. The third-order valence-electron chi connectivity index (χ3n) is 4.26. The van der Waals surface area contributed by atoms with E-state index in [-0.39, 0.29) is 35.4 Å². The molecule has 1 aliphatic rings. The van der Waals surface area contributed by atoms with Crippen LogP contribution in [0.4, 0.5) is 11.4 Å². The summed E-state index contributed by atoms with van der Waals surface area (Å²) in [6.07, 6.45) is 0.0760. The minimum absolute atomic E-state index is 0.0760. The van der Waals surface area contributed by atoms with E-state index in [2.05, 4.69) is 10.1 Å².